The molecule has 1 amide bonds. The number of anilines is 3. The molecule has 2 N–H and O–H groups in total. The van der Waals surface area contributed by atoms with Crippen molar-refractivity contribution in [1.82, 2.24) is 34.3 Å². The minimum atomic E-state index is -2.76. The maximum absolute atomic E-state index is 13.2. The third kappa shape index (κ3) is 5.65. The molecular formula is C28H26F2N10O2. The van der Waals surface area contributed by atoms with Crippen LogP contribution >= 0.6 is 0 Å². The predicted octanol–water partition coefficient (Wildman–Crippen LogP) is 4.04. The fraction of sp³-hybridized carbons (Fsp3) is 0.214. The van der Waals surface area contributed by atoms with Crippen molar-refractivity contribution in [3.05, 3.63) is 79.5 Å². The number of amides is 1. The minimum absolute atomic E-state index is 0.273. The predicted molar refractivity (Wildman–Crippen MR) is 153 cm³/mol. The number of nitrogens with one attached hydrogen (secondary N) is 2. The van der Waals surface area contributed by atoms with Gasteiger partial charge < -0.3 is 20.3 Å². The van der Waals surface area contributed by atoms with Crippen LogP contribution in [-0.2, 0) is 16.1 Å². The van der Waals surface area contributed by atoms with Gasteiger partial charge in [0.2, 0.25) is 11.9 Å². The van der Waals surface area contributed by atoms with Crippen molar-refractivity contribution in [2.75, 3.05) is 41.8 Å². The Morgan fingerprint density at radius 1 is 1.07 bits per heavy atom. The first kappa shape index (κ1) is 27.0. The molecule has 5 heterocycles. The van der Waals surface area contributed by atoms with Gasteiger partial charge in [0.25, 0.3) is 0 Å². The lowest BCUT2D eigenvalue weighted by Crippen LogP contribution is -2.37. The lowest BCUT2D eigenvalue weighted by atomic mass is 10.1. The summed E-state index contributed by atoms with van der Waals surface area (Å²) in [6.45, 7) is 3.45. The lowest BCUT2D eigenvalue weighted by Gasteiger charge is -2.27. The molecule has 1 fully saturated rings. The molecule has 6 rings (SSSR count). The summed E-state index contributed by atoms with van der Waals surface area (Å²) in [5.74, 6) is 0.714. The van der Waals surface area contributed by atoms with Gasteiger partial charge in [-0.3, -0.25) is 14.3 Å². The minimum Gasteiger partial charge on any atom is -0.378 e. The first-order valence-corrected chi connectivity index (χ1v) is 13.1. The van der Waals surface area contributed by atoms with Crippen LogP contribution in [0.25, 0.3) is 28.1 Å². The molecule has 1 aliphatic rings. The fourth-order valence-corrected chi connectivity index (χ4v) is 4.47. The van der Waals surface area contributed by atoms with E-state index in [4.69, 9.17) is 14.7 Å². The van der Waals surface area contributed by atoms with Crippen molar-refractivity contribution in [3.63, 3.8) is 0 Å². The molecule has 42 heavy (non-hydrogen) atoms. The third-order valence-corrected chi connectivity index (χ3v) is 6.66. The highest BCUT2D eigenvalue weighted by molar-refractivity contribution is 5.99. The quantitative estimate of drug-likeness (QED) is 0.252. The second-order valence-electron chi connectivity index (χ2n) is 9.39. The van der Waals surface area contributed by atoms with Gasteiger partial charge in [0.1, 0.15) is 6.33 Å². The summed E-state index contributed by atoms with van der Waals surface area (Å²) in [6, 6.07) is 11.2. The van der Waals surface area contributed by atoms with Crippen LogP contribution in [0, 0.1) is 0 Å². The summed E-state index contributed by atoms with van der Waals surface area (Å²) in [4.78, 5) is 32.1. The second-order valence-corrected chi connectivity index (χ2v) is 9.39. The molecule has 0 radical (unpaired) electrons. The molecule has 4 aromatic heterocycles. The van der Waals surface area contributed by atoms with Crippen molar-refractivity contribution in [3.8, 4) is 16.9 Å². The average molecular weight is 573 g/mol. The summed E-state index contributed by atoms with van der Waals surface area (Å²) in [7, 11) is 0. The number of benzene rings is 1. The van der Waals surface area contributed by atoms with E-state index in [1.807, 2.05) is 29.2 Å². The van der Waals surface area contributed by atoms with Gasteiger partial charge in [0, 0.05) is 37.1 Å². The van der Waals surface area contributed by atoms with Crippen LogP contribution < -0.4 is 15.5 Å². The summed E-state index contributed by atoms with van der Waals surface area (Å²) in [5, 5.41) is 9.81. The first-order valence-electron chi connectivity index (χ1n) is 13.1. The Kier molecular flexibility index (Phi) is 7.51. The zero-order chi connectivity index (χ0) is 29.1. The zero-order valence-corrected chi connectivity index (χ0v) is 22.3. The number of pyridine rings is 1. The normalized spacial score (nSPS) is 13.5. The summed E-state index contributed by atoms with van der Waals surface area (Å²) < 4.78 is 34.0. The van der Waals surface area contributed by atoms with Gasteiger partial charge in [-0.1, -0.05) is 24.8 Å². The van der Waals surface area contributed by atoms with E-state index in [9.17, 15) is 13.6 Å². The standard InChI is InChI=1S/C28H26F2N10O2/c1-2-23(41)35-20-6-4-19(5-7-20)22-8-3-18(13-31-22)14-32-25-24-26(37-28(36-25)38-9-11-42-12-10-38)39(17-33-24)21-15-34-40(16-21)27(29)30/h2-8,13,15-17,27H,1,9-12,14H2,(H,35,41)(H,32,36,37). The molecular weight excluding hydrogens is 546 g/mol. The molecule has 214 valence electrons. The Bertz CT molecular complexity index is 1710. The van der Waals surface area contributed by atoms with E-state index in [0.29, 0.717) is 71.8 Å². The number of fused-ring (bicyclic) bond motifs is 1. The van der Waals surface area contributed by atoms with Crippen LogP contribution in [0.1, 0.15) is 12.1 Å². The third-order valence-electron chi connectivity index (χ3n) is 6.66. The van der Waals surface area contributed by atoms with Gasteiger partial charge in [-0.25, -0.2) is 9.67 Å². The largest absolute Gasteiger partial charge is 0.378 e. The number of carbonyl (C=O) groups excluding carboxylic acids is 1. The number of rotatable bonds is 9. The zero-order valence-electron chi connectivity index (χ0n) is 22.3. The second kappa shape index (κ2) is 11.7. The van der Waals surface area contributed by atoms with Gasteiger partial charge >= 0.3 is 6.55 Å². The fourth-order valence-electron chi connectivity index (χ4n) is 4.47. The highest BCUT2D eigenvalue weighted by atomic mass is 19.3. The van der Waals surface area contributed by atoms with Gasteiger partial charge in [-0.2, -0.15) is 23.8 Å². The van der Waals surface area contributed by atoms with Crippen molar-refractivity contribution in [2.24, 2.45) is 0 Å². The maximum atomic E-state index is 13.2. The van der Waals surface area contributed by atoms with Crippen LogP contribution in [0.5, 0.6) is 0 Å². The number of alkyl halides is 2. The summed E-state index contributed by atoms with van der Waals surface area (Å²) in [6.07, 6.45) is 7.09. The molecule has 0 bridgehead atoms. The summed E-state index contributed by atoms with van der Waals surface area (Å²) >= 11 is 0. The molecule has 14 heteroatoms. The Balaban J connectivity index is 1.24. The summed E-state index contributed by atoms with van der Waals surface area (Å²) in [5.41, 5.74) is 4.62. The van der Waals surface area contributed by atoms with Crippen molar-refractivity contribution < 1.29 is 18.3 Å². The van der Waals surface area contributed by atoms with Crippen LogP contribution in [-0.4, -0.2) is 66.5 Å². The van der Waals surface area contributed by atoms with E-state index in [2.05, 4.69) is 32.3 Å². The van der Waals surface area contributed by atoms with Crippen LogP contribution in [0.4, 0.5) is 26.2 Å². The molecule has 0 unspecified atom stereocenters. The van der Waals surface area contributed by atoms with Crippen molar-refractivity contribution >= 4 is 34.5 Å². The van der Waals surface area contributed by atoms with Gasteiger partial charge in [-0.05, 0) is 29.8 Å². The highest BCUT2D eigenvalue weighted by Gasteiger charge is 2.21. The first-order chi connectivity index (χ1) is 20.5. The molecule has 0 aliphatic carbocycles. The van der Waals surface area contributed by atoms with Crippen molar-refractivity contribution in [2.45, 2.75) is 13.1 Å². The number of morpholine rings is 1. The van der Waals surface area contributed by atoms with Gasteiger partial charge in [0.15, 0.2) is 17.0 Å². The number of hydrogen-bond acceptors (Lipinski definition) is 9. The van der Waals surface area contributed by atoms with E-state index in [-0.39, 0.29) is 5.91 Å². The Morgan fingerprint density at radius 3 is 2.57 bits per heavy atom. The molecule has 5 aromatic rings. The van der Waals surface area contributed by atoms with E-state index in [0.717, 1.165) is 16.8 Å². The molecule has 1 aromatic carbocycles. The maximum Gasteiger partial charge on any atom is 0.333 e. The molecule has 12 nitrogen and oxygen atoms in total. The Hall–Kier alpha value is -5.24. The monoisotopic (exact) mass is 572 g/mol. The Labute approximate surface area is 238 Å². The van der Waals surface area contributed by atoms with E-state index < -0.39 is 6.55 Å². The van der Waals surface area contributed by atoms with Crippen LogP contribution in [0.3, 0.4) is 0 Å². The number of halogens is 2. The van der Waals surface area contributed by atoms with Crippen molar-refractivity contribution in [1.29, 1.82) is 0 Å². The van der Waals surface area contributed by atoms with E-state index in [1.54, 1.807) is 22.9 Å². The number of carbonyl (C=O) groups is 1. The highest BCUT2D eigenvalue weighted by Crippen LogP contribution is 2.27. The van der Waals surface area contributed by atoms with E-state index >= 15 is 0 Å². The molecule has 0 atom stereocenters. The number of ether oxygens (including phenoxy) is 1. The number of nitrogens with zero attached hydrogens (tertiary/aromatic N) is 8. The number of hydrogen-bond donors (Lipinski definition) is 2. The van der Waals surface area contributed by atoms with E-state index in [1.165, 1.54) is 24.8 Å². The molecule has 1 aliphatic heterocycles. The van der Waals surface area contributed by atoms with Crippen LogP contribution in [0.15, 0.2) is 74.0 Å². The molecule has 0 saturated carbocycles. The van der Waals surface area contributed by atoms with Gasteiger partial charge in [-0.15, -0.1) is 0 Å². The van der Waals surface area contributed by atoms with Gasteiger partial charge in [0.05, 0.1) is 37.0 Å². The molecule has 1 saturated heterocycles. The number of aromatic nitrogens is 7. The number of imidazole rings is 1. The average Bonchev–Trinajstić information content (AvgIpc) is 3.69. The smallest absolute Gasteiger partial charge is 0.333 e. The topological polar surface area (TPSA) is 128 Å². The molecule has 0 spiro atoms. The Morgan fingerprint density at radius 2 is 1.88 bits per heavy atom. The SMILES string of the molecule is C=CC(=O)Nc1ccc(-c2ccc(CNc3nc(N4CCOCC4)nc4c3ncn4-c3cnn(C(F)F)c3)cn2)cc1. The lowest BCUT2D eigenvalue weighted by molar-refractivity contribution is -0.111. The van der Waals surface area contributed by atoms with Crippen LogP contribution in [0.2, 0.25) is 0 Å².